The number of hydrogen-bond donors (Lipinski definition) is 1. The molecule has 0 saturated carbocycles. The van der Waals surface area contributed by atoms with Gasteiger partial charge in [0.1, 0.15) is 5.69 Å². The van der Waals surface area contributed by atoms with Gasteiger partial charge < -0.3 is 14.5 Å². The Morgan fingerprint density at radius 2 is 2.18 bits per heavy atom. The van der Waals surface area contributed by atoms with Crippen molar-refractivity contribution in [2.75, 3.05) is 13.2 Å². The first-order valence-electron chi connectivity index (χ1n) is 9.37. The van der Waals surface area contributed by atoms with Gasteiger partial charge in [-0.3, -0.25) is 4.79 Å². The molecule has 0 bridgehead atoms. The molecule has 0 aliphatic heterocycles. The van der Waals surface area contributed by atoms with Crippen molar-refractivity contribution in [2.24, 2.45) is 0 Å². The van der Waals surface area contributed by atoms with Gasteiger partial charge in [-0.15, -0.1) is 0 Å². The SMILES string of the molecule is CCCCNC(=O)COC(=O)c1cc(-c2ccco2)nc2c1cnn2C(C)C. The molecule has 0 spiro atoms. The Labute approximate surface area is 162 Å². The fraction of sp³-hybridized carbons (Fsp3) is 0.400. The van der Waals surface area contributed by atoms with E-state index in [0.29, 0.717) is 34.6 Å². The second-order valence-corrected chi connectivity index (χ2v) is 6.73. The van der Waals surface area contributed by atoms with Crippen LogP contribution in [0.3, 0.4) is 0 Å². The number of unbranched alkanes of at least 4 members (excludes halogenated alkanes) is 1. The molecule has 3 aromatic heterocycles. The highest BCUT2D eigenvalue weighted by Crippen LogP contribution is 2.27. The van der Waals surface area contributed by atoms with Crippen LogP contribution < -0.4 is 5.32 Å². The lowest BCUT2D eigenvalue weighted by Gasteiger charge is -2.10. The summed E-state index contributed by atoms with van der Waals surface area (Å²) in [5.41, 5.74) is 1.35. The monoisotopic (exact) mass is 384 g/mol. The molecule has 0 aliphatic rings. The van der Waals surface area contributed by atoms with Gasteiger partial charge >= 0.3 is 5.97 Å². The zero-order valence-electron chi connectivity index (χ0n) is 16.3. The van der Waals surface area contributed by atoms with Crippen molar-refractivity contribution in [3.05, 3.63) is 36.2 Å². The maximum absolute atomic E-state index is 12.7. The summed E-state index contributed by atoms with van der Waals surface area (Å²) < 4.78 is 12.4. The van der Waals surface area contributed by atoms with Crippen molar-refractivity contribution in [3.8, 4) is 11.5 Å². The van der Waals surface area contributed by atoms with Crippen molar-refractivity contribution in [2.45, 2.75) is 39.7 Å². The van der Waals surface area contributed by atoms with Crippen LogP contribution in [0, 0.1) is 0 Å². The van der Waals surface area contributed by atoms with E-state index in [1.807, 2.05) is 20.8 Å². The van der Waals surface area contributed by atoms with Crippen molar-refractivity contribution in [3.63, 3.8) is 0 Å². The van der Waals surface area contributed by atoms with E-state index in [1.54, 1.807) is 35.3 Å². The fourth-order valence-corrected chi connectivity index (χ4v) is 2.78. The number of hydrogen-bond acceptors (Lipinski definition) is 6. The summed E-state index contributed by atoms with van der Waals surface area (Å²) in [7, 11) is 0. The standard InChI is InChI=1S/C20H24N4O4/c1-4-5-8-21-18(25)12-28-20(26)14-10-16(17-7-6-9-27-17)23-19-15(14)11-22-24(19)13(2)3/h6-7,9-11,13H,4-5,8,12H2,1-3H3,(H,21,25). The molecule has 1 amide bonds. The molecule has 0 saturated heterocycles. The number of rotatable bonds is 8. The number of amides is 1. The third kappa shape index (κ3) is 4.21. The zero-order valence-corrected chi connectivity index (χ0v) is 16.3. The summed E-state index contributed by atoms with van der Waals surface area (Å²) in [5.74, 6) is -0.393. The van der Waals surface area contributed by atoms with E-state index in [2.05, 4.69) is 15.4 Å². The molecule has 3 aromatic rings. The van der Waals surface area contributed by atoms with E-state index in [9.17, 15) is 9.59 Å². The largest absolute Gasteiger partial charge is 0.463 e. The third-order valence-corrected chi connectivity index (χ3v) is 4.24. The maximum atomic E-state index is 12.7. The number of fused-ring (bicyclic) bond motifs is 1. The van der Waals surface area contributed by atoms with Crippen LogP contribution in [-0.4, -0.2) is 39.8 Å². The minimum Gasteiger partial charge on any atom is -0.463 e. The normalized spacial score (nSPS) is 11.1. The summed E-state index contributed by atoms with van der Waals surface area (Å²) in [4.78, 5) is 29.1. The van der Waals surface area contributed by atoms with E-state index in [-0.39, 0.29) is 18.6 Å². The molecule has 3 heterocycles. The summed E-state index contributed by atoms with van der Waals surface area (Å²) in [6, 6.07) is 5.18. The van der Waals surface area contributed by atoms with Crippen LogP contribution in [0.15, 0.2) is 35.1 Å². The molecular weight excluding hydrogens is 360 g/mol. The first kappa shape index (κ1) is 19.6. The second kappa shape index (κ2) is 8.69. The molecule has 0 unspecified atom stereocenters. The first-order chi connectivity index (χ1) is 13.5. The smallest absolute Gasteiger partial charge is 0.339 e. The van der Waals surface area contributed by atoms with Crippen LogP contribution in [-0.2, 0) is 9.53 Å². The molecular formula is C20H24N4O4. The molecule has 0 radical (unpaired) electrons. The van der Waals surface area contributed by atoms with Gasteiger partial charge in [0, 0.05) is 12.6 Å². The van der Waals surface area contributed by atoms with Crippen molar-refractivity contribution >= 4 is 22.9 Å². The van der Waals surface area contributed by atoms with Gasteiger partial charge in [-0.25, -0.2) is 14.5 Å². The van der Waals surface area contributed by atoms with Gasteiger partial charge in [0.15, 0.2) is 18.0 Å². The minimum absolute atomic E-state index is 0.0602. The Bertz CT molecular complexity index is 960. The van der Waals surface area contributed by atoms with Crippen LogP contribution in [0.4, 0.5) is 0 Å². The van der Waals surface area contributed by atoms with Gasteiger partial charge in [0.2, 0.25) is 0 Å². The quantitative estimate of drug-likeness (QED) is 0.472. The predicted molar refractivity (Wildman–Crippen MR) is 104 cm³/mol. The van der Waals surface area contributed by atoms with Gasteiger partial charge in [-0.05, 0) is 38.5 Å². The molecule has 1 N–H and O–H groups in total. The number of nitrogens with zero attached hydrogens (tertiary/aromatic N) is 3. The number of carbonyl (C=O) groups excluding carboxylic acids is 2. The molecule has 8 nitrogen and oxygen atoms in total. The third-order valence-electron chi connectivity index (χ3n) is 4.24. The van der Waals surface area contributed by atoms with Gasteiger partial charge in [-0.1, -0.05) is 13.3 Å². The number of nitrogens with one attached hydrogen (secondary N) is 1. The topological polar surface area (TPSA) is 99.2 Å². The second-order valence-electron chi connectivity index (χ2n) is 6.73. The van der Waals surface area contributed by atoms with E-state index in [1.165, 1.54) is 0 Å². The average molecular weight is 384 g/mol. The molecule has 28 heavy (non-hydrogen) atoms. The number of ether oxygens (including phenoxy) is 1. The minimum atomic E-state index is -0.603. The highest BCUT2D eigenvalue weighted by Gasteiger charge is 2.21. The van der Waals surface area contributed by atoms with Crippen molar-refractivity contribution < 1.29 is 18.7 Å². The molecule has 0 fully saturated rings. The lowest BCUT2D eigenvalue weighted by atomic mass is 10.1. The summed E-state index contributed by atoms with van der Waals surface area (Å²) >= 11 is 0. The number of carbonyl (C=O) groups is 2. The number of esters is 1. The highest BCUT2D eigenvalue weighted by molar-refractivity contribution is 6.04. The molecule has 0 atom stereocenters. The number of aromatic nitrogens is 3. The summed E-state index contributed by atoms with van der Waals surface area (Å²) in [5, 5.41) is 7.63. The lowest BCUT2D eigenvalue weighted by Crippen LogP contribution is -2.29. The Morgan fingerprint density at radius 1 is 1.36 bits per heavy atom. The van der Waals surface area contributed by atoms with Crippen LogP contribution in [0.5, 0.6) is 0 Å². The average Bonchev–Trinajstić information content (AvgIpc) is 3.35. The number of furan rings is 1. The van der Waals surface area contributed by atoms with Crippen LogP contribution in [0.2, 0.25) is 0 Å². The first-order valence-corrected chi connectivity index (χ1v) is 9.37. The van der Waals surface area contributed by atoms with Gasteiger partial charge in [0.25, 0.3) is 5.91 Å². The molecule has 148 valence electrons. The van der Waals surface area contributed by atoms with E-state index in [0.717, 1.165) is 12.8 Å². The Morgan fingerprint density at radius 3 is 2.86 bits per heavy atom. The van der Waals surface area contributed by atoms with Crippen LogP contribution in [0.1, 0.15) is 50.0 Å². The zero-order chi connectivity index (χ0) is 20.1. The molecule has 0 aromatic carbocycles. The summed E-state index contributed by atoms with van der Waals surface area (Å²) in [6.07, 6.45) is 4.99. The Balaban J connectivity index is 1.88. The molecule has 3 rings (SSSR count). The van der Waals surface area contributed by atoms with E-state index >= 15 is 0 Å². The summed E-state index contributed by atoms with van der Waals surface area (Å²) in [6.45, 7) is 6.23. The van der Waals surface area contributed by atoms with E-state index in [4.69, 9.17) is 9.15 Å². The predicted octanol–water partition coefficient (Wildman–Crippen LogP) is 3.35. The Kier molecular flexibility index (Phi) is 6.08. The van der Waals surface area contributed by atoms with Crippen molar-refractivity contribution in [1.29, 1.82) is 0 Å². The highest BCUT2D eigenvalue weighted by atomic mass is 16.5. The lowest BCUT2D eigenvalue weighted by molar-refractivity contribution is -0.124. The van der Waals surface area contributed by atoms with Crippen LogP contribution in [0.25, 0.3) is 22.5 Å². The molecule has 8 heteroatoms. The number of pyridine rings is 1. The van der Waals surface area contributed by atoms with E-state index < -0.39 is 5.97 Å². The molecule has 0 aliphatic carbocycles. The fourth-order valence-electron chi connectivity index (χ4n) is 2.78. The Hall–Kier alpha value is -3.16. The van der Waals surface area contributed by atoms with Crippen molar-refractivity contribution in [1.82, 2.24) is 20.1 Å². The van der Waals surface area contributed by atoms with Crippen LogP contribution >= 0.6 is 0 Å². The maximum Gasteiger partial charge on any atom is 0.339 e. The van der Waals surface area contributed by atoms with Gasteiger partial charge in [0.05, 0.1) is 23.4 Å². The van der Waals surface area contributed by atoms with Gasteiger partial charge in [-0.2, -0.15) is 5.10 Å².